The standard InChI is InChI=1S/C17H18ClFN2O2S/c1-10(2)24-17-15(12(18)6-7-20-17)16(22)21-9-11-4-5-14(23-3)13(19)8-11/h4-8,10H,9H2,1-3H3,(H,21,22). The van der Waals surface area contributed by atoms with Crippen molar-refractivity contribution in [3.63, 3.8) is 0 Å². The largest absolute Gasteiger partial charge is 0.494 e. The monoisotopic (exact) mass is 368 g/mol. The predicted octanol–water partition coefficient (Wildman–Crippen LogP) is 4.31. The zero-order valence-corrected chi connectivity index (χ0v) is 15.2. The quantitative estimate of drug-likeness (QED) is 0.772. The Morgan fingerprint density at radius 3 is 2.79 bits per heavy atom. The van der Waals surface area contributed by atoms with E-state index in [9.17, 15) is 9.18 Å². The minimum Gasteiger partial charge on any atom is -0.494 e. The molecule has 4 nitrogen and oxygen atoms in total. The van der Waals surface area contributed by atoms with E-state index in [4.69, 9.17) is 16.3 Å². The molecule has 1 aromatic heterocycles. The lowest BCUT2D eigenvalue weighted by atomic mass is 10.2. The number of nitrogens with one attached hydrogen (secondary N) is 1. The molecule has 7 heteroatoms. The van der Waals surface area contributed by atoms with Gasteiger partial charge in [-0.05, 0) is 23.8 Å². The minimum absolute atomic E-state index is 0.163. The van der Waals surface area contributed by atoms with Crippen molar-refractivity contribution in [3.05, 3.63) is 52.4 Å². The van der Waals surface area contributed by atoms with Crippen molar-refractivity contribution in [1.82, 2.24) is 10.3 Å². The van der Waals surface area contributed by atoms with E-state index in [-0.39, 0.29) is 23.5 Å². The molecule has 0 fully saturated rings. The van der Waals surface area contributed by atoms with E-state index >= 15 is 0 Å². The molecule has 0 aliphatic heterocycles. The van der Waals surface area contributed by atoms with E-state index in [0.717, 1.165) is 0 Å². The van der Waals surface area contributed by atoms with Gasteiger partial charge in [0.05, 0.1) is 17.7 Å². The molecule has 2 aromatic rings. The Bertz CT molecular complexity index is 741. The number of halogens is 2. The highest BCUT2D eigenvalue weighted by Gasteiger charge is 2.18. The summed E-state index contributed by atoms with van der Waals surface area (Å²) in [4.78, 5) is 16.7. The molecule has 1 aromatic carbocycles. The molecule has 1 heterocycles. The fourth-order valence-corrected chi connectivity index (χ4v) is 3.21. The predicted molar refractivity (Wildman–Crippen MR) is 94.4 cm³/mol. The zero-order chi connectivity index (χ0) is 17.7. The molecule has 1 N–H and O–H groups in total. The summed E-state index contributed by atoms with van der Waals surface area (Å²) >= 11 is 7.63. The molecule has 2 rings (SSSR count). The van der Waals surface area contributed by atoms with Crippen LogP contribution in [-0.2, 0) is 6.54 Å². The highest BCUT2D eigenvalue weighted by atomic mass is 35.5. The third kappa shape index (κ3) is 4.61. The van der Waals surface area contributed by atoms with Gasteiger partial charge in [-0.3, -0.25) is 4.79 Å². The average molecular weight is 369 g/mol. The van der Waals surface area contributed by atoms with Crippen LogP contribution >= 0.6 is 23.4 Å². The maximum atomic E-state index is 13.7. The maximum Gasteiger partial charge on any atom is 0.255 e. The average Bonchev–Trinajstić information content (AvgIpc) is 2.52. The normalized spacial score (nSPS) is 10.8. The molecular weight excluding hydrogens is 351 g/mol. The fraction of sp³-hybridized carbons (Fsp3) is 0.294. The molecule has 0 saturated carbocycles. The van der Waals surface area contributed by atoms with Crippen LogP contribution in [0.4, 0.5) is 4.39 Å². The SMILES string of the molecule is COc1ccc(CNC(=O)c2c(Cl)ccnc2SC(C)C)cc1F. The number of nitrogens with zero attached hydrogens (tertiary/aromatic N) is 1. The molecule has 24 heavy (non-hydrogen) atoms. The lowest BCUT2D eigenvalue weighted by Crippen LogP contribution is -2.24. The summed E-state index contributed by atoms with van der Waals surface area (Å²) in [5.74, 6) is -0.650. The van der Waals surface area contributed by atoms with E-state index in [1.807, 2.05) is 13.8 Å². The molecular formula is C17H18ClFN2O2S. The van der Waals surface area contributed by atoms with Gasteiger partial charge in [0, 0.05) is 18.0 Å². The Morgan fingerprint density at radius 1 is 1.42 bits per heavy atom. The van der Waals surface area contributed by atoms with Crippen LogP contribution in [0, 0.1) is 5.82 Å². The van der Waals surface area contributed by atoms with Crippen molar-refractivity contribution in [2.45, 2.75) is 30.7 Å². The second-order valence-corrected chi connectivity index (χ2v) is 7.26. The summed E-state index contributed by atoms with van der Waals surface area (Å²) in [5.41, 5.74) is 0.964. The van der Waals surface area contributed by atoms with Crippen molar-refractivity contribution >= 4 is 29.3 Å². The van der Waals surface area contributed by atoms with Gasteiger partial charge in [-0.1, -0.05) is 31.5 Å². The van der Waals surface area contributed by atoms with Crippen LogP contribution in [-0.4, -0.2) is 23.3 Å². The highest BCUT2D eigenvalue weighted by molar-refractivity contribution is 7.99. The molecule has 0 aliphatic rings. The van der Waals surface area contributed by atoms with Gasteiger partial charge in [0.1, 0.15) is 5.03 Å². The number of methoxy groups -OCH3 is 1. The topological polar surface area (TPSA) is 51.2 Å². The molecule has 1 amide bonds. The van der Waals surface area contributed by atoms with Gasteiger partial charge in [-0.25, -0.2) is 9.37 Å². The number of ether oxygens (including phenoxy) is 1. The van der Waals surface area contributed by atoms with Crippen LogP contribution in [0.1, 0.15) is 29.8 Å². The lowest BCUT2D eigenvalue weighted by molar-refractivity contribution is 0.0947. The third-order valence-corrected chi connectivity index (χ3v) is 4.43. The van der Waals surface area contributed by atoms with Gasteiger partial charge in [0.15, 0.2) is 11.6 Å². The number of hydrogen-bond donors (Lipinski definition) is 1. The second-order valence-electron chi connectivity index (χ2n) is 5.29. The van der Waals surface area contributed by atoms with Crippen molar-refractivity contribution in [1.29, 1.82) is 0 Å². The number of carbonyl (C=O) groups excluding carboxylic acids is 1. The molecule has 0 saturated heterocycles. The molecule has 0 unspecified atom stereocenters. The summed E-state index contributed by atoms with van der Waals surface area (Å²) in [5, 5.41) is 3.93. The second kappa shape index (κ2) is 8.35. The number of benzene rings is 1. The first-order valence-electron chi connectivity index (χ1n) is 7.34. The van der Waals surface area contributed by atoms with Gasteiger partial charge in [-0.15, -0.1) is 11.8 Å². The van der Waals surface area contributed by atoms with E-state index in [1.54, 1.807) is 18.3 Å². The van der Waals surface area contributed by atoms with Crippen molar-refractivity contribution < 1.29 is 13.9 Å². The van der Waals surface area contributed by atoms with Crippen LogP contribution in [0.2, 0.25) is 5.02 Å². The Labute approximate surface area is 149 Å². The third-order valence-electron chi connectivity index (χ3n) is 3.11. The van der Waals surface area contributed by atoms with E-state index < -0.39 is 5.82 Å². The maximum absolute atomic E-state index is 13.7. The molecule has 0 atom stereocenters. The van der Waals surface area contributed by atoms with Crippen LogP contribution in [0.25, 0.3) is 0 Å². The Kier molecular flexibility index (Phi) is 6.45. The van der Waals surface area contributed by atoms with Gasteiger partial charge in [0.25, 0.3) is 5.91 Å². The van der Waals surface area contributed by atoms with Gasteiger partial charge < -0.3 is 10.1 Å². The highest BCUT2D eigenvalue weighted by Crippen LogP contribution is 2.29. The molecule has 0 radical (unpaired) electrons. The summed E-state index contributed by atoms with van der Waals surface area (Å²) in [6.45, 7) is 4.20. The van der Waals surface area contributed by atoms with Crippen molar-refractivity contribution in [2.75, 3.05) is 7.11 Å². The van der Waals surface area contributed by atoms with E-state index in [1.165, 1.54) is 31.0 Å². The summed E-state index contributed by atoms with van der Waals surface area (Å²) in [7, 11) is 1.40. The van der Waals surface area contributed by atoms with Crippen LogP contribution < -0.4 is 10.1 Å². The first kappa shape index (κ1) is 18.5. The number of rotatable bonds is 6. The number of pyridine rings is 1. The Balaban J connectivity index is 2.14. The van der Waals surface area contributed by atoms with Crippen LogP contribution in [0.3, 0.4) is 0 Å². The first-order chi connectivity index (χ1) is 11.4. The first-order valence-corrected chi connectivity index (χ1v) is 8.60. The van der Waals surface area contributed by atoms with Gasteiger partial charge in [-0.2, -0.15) is 0 Å². The zero-order valence-electron chi connectivity index (χ0n) is 13.6. The summed E-state index contributed by atoms with van der Waals surface area (Å²) in [6.07, 6.45) is 1.57. The number of aromatic nitrogens is 1. The molecule has 0 bridgehead atoms. The van der Waals surface area contributed by atoms with Gasteiger partial charge in [0.2, 0.25) is 0 Å². The van der Waals surface area contributed by atoms with Gasteiger partial charge >= 0.3 is 0 Å². The van der Waals surface area contributed by atoms with Crippen LogP contribution in [0.15, 0.2) is 35.5 Å². The number of amides is 1. The number of hydrogen-bond acceptors (Lipinski definition) is 4. The van der Waals surface area contributed by atoms with Crippen molar-refractivity contribution in [2.24, 2.45) is 0 Å². The summed E-state index contributed by atoms with van der Waals surface area (Å²) < 4.78 is 18.6. The lowest BCUT2D eigenvalue weighted by Gasteiger charge is -2.12. The van der Waals surface area contributed by atoms with E-state index in [0.29, 0.717) is 21.2 Å². The number of carbonyl (C=O) groups is 1. The Morgan fingerprint density at radius 2 is 2.17 bits per heavy atom. The van der Waals surface area contributed by atoms with Crippen molar-refractivity contribution in [3.8, 4) is 5.75 Å². The smallest absolute Gasteiger partial charge is 0.255 e. The number of thioether (sulfide) groups is 1. The summed E-state index contributed by atoms with van der Waals surface area (Å²) in [6, 6.07) is 6.12. The molecule has 0 aliphatic carbocycles. The minimum atomic E-state index is -0.472. The molecule has 128 valence electrons. The van der Waals surface area contributed by atoms with Crippen LogP contribution in [0.5, 0.6) is 5.75 Å². The van der Waals surface area contributed by atoms with E-state index in [2.05, 4.69) is 10.3 Å². The Hall–Kier alpha value is -1.79. The molecule has 0 spiro atoms. The fourth-order valence-electron chi connectivity index (χ4n) is 2.03.